The third-order valence-corrected chi connectivity index (χ3v) is 21.4. The zero-order valence-electron chi connectivity index (χ0n) is 46.1. The van der Waals surface area contributed by atoms with Crippen molar-refractivity contribution in [3.05, 3.63) is 165 Å². The second-order valence-electron chi connectivity index (χ2n) is 25.6. The topological polar surface area (TPSA) is 129 Å². The van der Waals surface area contributed by atoms with Gasteiger partial charge in [-0.1, -0.05) is 98.6 Å². The maximum absolute atomic E-state index is 15.3. The van der Waals surface area contributed by atoms with E-state index < -0.39 is 11.0 Å². The Hall–Kier alpha value is -5.58. The highest BCUT2D eigenvalue weighted by Gasteiger charge is 2.69. The summed E-state index contributed by atoms with van der Waals surface area (Å²) in [5.74, 6) is 2.24. The van der Waals surface area contributed by atoms with Crippen molar-refractivity contribution in [2.45, 2.75) is 147 Å². The van der Waals surface area contributed by atoms with E-state index in [1.807, 2.05) is 12.1 Å². The largest absolute Gasteiger partial charge is 0.508 e. The first-order chi connectivity index (χ1) is 38.0. The van der Waals surface area contributed by atoms with Gasteiger partial charge in [-0.3, -0.25) is 0 Å². The van der Waals surface area contributed by atoms with Gasteiger partial charge < -0.3 is 35.6 Å². The van der Waals surface area contributed by atoms with Crippen molar-refractivity contribution >= 4 is 17.5 Å². The molecule has 5 heterocycles. The lowest BCUT2D eigenvalue weighted by atomic mass is 9.44. The molecule has 408 valence electrons. The number of carbonyl (C=O) groups is 2. The van der Waals surface area contributed by atoms with Gasteiger partial charge in [-0.05, 0) is 245 Å². The van der Waals surface area contributed by atoms with Crippen LogP contribution in [0, 0.1) is 52.3 Å². The summed E-state index contributed by atoms with van der Waals surface area (Å²) in [5, 5.41) is 34.5. The second-order valence-corrected chi connectivity index (χ2v) is 25.6. The van der Waals surface area contributed by atoms with Crippen molar-refractivity contribution in [2.75, 3.05) is 20.1 Å². The lowest BCUT2D eigenvalue weighted by molar-refractivity contribution is -0.135. The third kappa shape index (κ3) is 9.36. The predicted octanol–water partition coefficient (Wildman–Crippen LogP) is 12.6. The molecule has 78 heavy (non-hydrogen) atoms. The molecule has 11 aliphatic rings. The van der Waals surface area contributed by atoms with Crippen LogP contribution in [-0.2, 0) is 44.9 Å². The predicted molar refractivity (Wildman–Crippen MR) is 306 cm³/mol. The Morgan fingerprint density at radius 3 is 2.50 bits per heavy atom. The van der Waals surface area contributed by atoms with Crippen molar-refractivity contribution in [2.24, 2.45) is 52.3 Å². The van der Waals surface area contributed by atoms with Crippen LogP contribution in [0.3, 0.4) is 0 Å². The molecule has 1 spiro atoms. The minimum Gasteiger partial charge on any atom is -0.508 e. The second kappa shape index (κ2) is 21.1. The number of aliphatic hydroxyl groups is 1. The van der Waals surface area contributed by atoms with Crippen molar-refractivity contribution in [1.29, 1.82) is 0 Å². The van der Waals surface area contributed by atoms with E-state index in [-0.39, 0.29) is 52.9 Å². The first-order valence-electron chi connectivity index (χ1n) is 30.3. The van der Waals surface area contributed by atoms with E-state index in [1.54, 1.807) is 6.07 Å². The maximum Gasteiger partial charge on any atom is 0.340 e. The molecule has 9 nitrogen and oxygen atoms in total. The molecule has 3 saturated carbocycles. The van der Waals surface area contributed by atoms with E-state index in [1.165, 1.54) is 22.3 Å². The standard InChI is InChI=1S/C69H81N3O6/c1-3-43(33-44-11-5-4-6-12-44)37-59-69-30-22-54-55-19-20-56-58(77-65(74)62(56)63(55)69)23-28-67(51-25-32-72-60(38-51)70-2)40-49(21-29-68(76)26-7-8-27-68)50(41-67)35-46-14-9-13-45(34-46)24-31-71-42-47-15-10-16-48(36-47)53-18-17-52(73)39-57(53)61(54)64(69)66(75)78-59/h4-6,9-18,23,34,36-37,39,43,49-51,54-55,60,63,70-73,76H,3,7-8,19-22,24-33,35,38,40-42H2,1-2H3/b58-23?,59-37-/t43-,49+,50+,51+,54+,55-,60+,63+,67-,69+/m0/s1. The highest BCUT2D eigenvalue weighted by Crippen LogP contribution is 2.72. The molecule has 4 aromatic rings. The third-order valence-electron chi connectivity index (χ3n) is 21.4. The number of ether oxygens (including phenoxy) is 2. The average molecular weight is 1050 g/mol. The van der Waals surface area contributed by atoms with Gasteiger partial charge in [-0.15, -0.1) is 0 Å². The lowest BCUT2D eigenvalue weighted by Crippen LogP contribution is -2.52. The zero-order valence-corrected chi connectivity index (χ0v) is 46.1. The first-order valence-corrected chi connectivity index (χ1v) is 30.3. The van der Waals surface area contributed by atoms with Crippen LogP contribution in [0.1, 0.15) is 137 Å². The van der Waals surface area contributed by atoms with E-state index in [2.05, 4.69) is 121 Å². The molecule has 5 N–H and O–H groups in total. The number of aromatic hydroxyl groups is 1. The number of piperidine rings is 1. The number of hydrogen-bond acceptors (Lipinski definition) is 9. The minimum absolute atomic E-state index is 0.0168. The van der Waals surface area contributed by atoms with Crippen LogP contribution < -0.4 is 16.0 Å². The van der Waals surface area contributed by atoms with E-state index in [9.17, 15) is 10.2 Å². The molecule has 15 rings (SSSR count). The number of fused-ring (bicyclic) bond motifs is 5. The SMILES string of the molecule is CC[C@H](/C=C1\OC(=O)C2=C3c4cc(O)ccc4-c4cccc(c4)CNCCc4cccc(c4)C[C@@H]4C[C@]([C@@H]5CCN[C@@H](NC)C5)(CC=C5OC(=O)C6=C5CC[C@H]5[C@H]3CC[C@@]21[C@@H]65)C[C@H]4CCC1(O)CCCC1)Cc1ccccc1. The quantitative estimate of drug-likeness (QED) is 0.104. The summed E-state index contributed by atoms with van der Waals surface area (Å²) in [6.45, 7) is 4.73. The Kier molecular flexibility index (Phi) is 14.1. The van der Waals surface area contributed by atoms with Gasteiger partial charge in [-0.2, -0.15) is 0 Å². The number of cyclic esters (lactones) is 1. The Morgan fingerprint density at radius 1 is 0.821 bits per heavy atom. The molecule has 6 aliphatic carbocycles. The number of benzene rings is 4. The molecule has 9 heteroatoms. The van der Waals surface area contributed by atoms with Crippen molar-refractivity contribution in [3.8, 4) is 16.9 Å². The molecule has 0 amide bonds. The van der Waals surface area contributed by atoms with Gasteiger partial charge in [0.25, 0.3) is 0 Å². The molecule has 0 unspecified atom stereocenters. The lowest BCUT2D eigenvalue weighted by Gasteiger charge is -2.56. The van der Waals surface area contributed by atoms with Crippen LogP contribution >= 0.6 is 0 Å². The van der Waals surface area contributed by atoms with Gasteiger partial charge in [0.15, 0.2) is 0 Å². The van der Waals surface area contributed by atoms with Crippen molar-refractivity contribution in [1.82, 2.24) is 16.0 Å². The molecule has 14 bridgehead atoms. The fourth-order valence-electron chi connectivity index (χ4n) is 17.6. The molecule has 5 fully saturated rings. The average Bonchev–Trinajstić information content (AvgIpc) is 3.26. The molecule has 10 atom stereocenters. The van der Waals surface area contributed by atoms with Crippen LogP contribution in [0.15, 0.2) is 137 Å². The summed E-state index contributed by atoms with van der Waals surface area (Å²) < 4.78 is 13.5. The Labute approximate surface area is 462 Å². The van der Waals surface area contributed by atoms with Crippen LogP contribution in [0.2, 0.25) is 0 Å². The maximum atomic E-state index is 15.3. The summed E-state index contributed by atoms with van der Waals surface area (Å²) in [5.41, 5.74) is 10.1. The molecule has 5 aliphatic heterocycles. The number of phenols is 1. The van der Waals surface area contributed by atoms with Crippen molar-refractivity contribution < 1.29 is 29.3 Å². The zero-order chi connectivity index (χ0) is 53.2. The highest BCUT2D eigenvalue weighted by molar-refractivity contribution is 6.07. The van der Waals surface area contributed by atoms with Crippen LogP contribution in [0.5, 0.6) is 5.75 Å². The molecular weight excluding hydrogens is 967 g/mol. The smallest absolute Gasteiger partial charge is 0.340 e. The number of hydrogen-bond donors (Lipinski definition) is 5. The van der Waals surface area contributed by atoms with E-state index in [4.69, 9.17) is 9.47 Å². The fourth-order valence-corrected chi connectivity index (χ4v) is 17.6. The van der Waals surface area contributed by atoms with E-state index in [0.29, 0.717) is 42.1 Å². The number of allylic oxidation sites excluding steroid dienone is 5. The summed E-state index contributed by atoms with van der Waals surface area (Å²) in [6, 6.07) is 34.3. The van der Waals surface area contributed by atoms with Gasteiger partial charge in [0.05, 0.1) is 22.8 Å². The summed E-state index contributed by atoms with van der Waals surface area (Å²) >= 11 is 0. The Morgan fingerprint density at radius 2 is 1.65 bits per heavy atom. The molecule has 0 aromatic heterocycles. The fraction of sp³-hybridized carbons (Fsp3) is 0.507. The monoisotopic (exact) mass is 1050 g/mol. The number of phenolic OH excluding ortho intramolecular Hbond substituents is 1. The molecule has 0 radical (unpaired) electrons. The van der Waals surface area contributed by atoms with Crippen molar-refractivity contribution in [3.63, 3.8) is 0 Å². The number of rotatable bonds is 9. The molecule has 4 aromatic carbocycles. The molecular formula is C69H81N3O6. The van der Waals surface area contributed by atoms with Crippen LogP contribution in [0.25, 0.3) is 16.7 Å². The number of nitrogens with one attached hydrogen (secondary N) is 3. The van der Waals surface area contributed by atoms with Gasteiger partial charge >= 0.3 is 11.9 Å². The Bertz CT molecular complexity index is 3090. The van der Waals surface area contributed by atoms with E-state index >= 15 is 9.59 Å². The number of esters is 2. The van der Waals surface area contributed by atoms with Crippen LogP contribution in [-0.4, -0.2) is 54.1 Å². The highest BCUT2D eigenvalue weighted by atomic mass is 16.6. The van der Waals surface area contributed by atoms with Gasteiger partial charge in [0, 0.05) is 23.6 Å². The summed E-state index contributed by atoms with van der Waals surface area (Å²) in [4.78, 5) is 30.5. The Balaban J connectivity index is 0.968. The normalized spacial score (nSPS) is 32.1. The summed E-state index contributed by atoms with van der Waals surface area (Å²) in [6.07, 6.45) is 22.7. The molecule has 2 saturated heterocycles. The van der Waals surface area contributed by atoms with Gasteiger partial charge in [-0.25, -0.2) is 9.59 Å². The summed E-state index contributed by atoms with van der Waals surface area (Å²) in [7, 11) is 2.08. The minimum atomic E-state index is -0.878. The van der Waals surface area contributed by atoms with Crippen LogP contribution in [0.4, 0.5) is 0 Å². The van der Waals surface area contributed by atoms with Gasteiger partial charge in [0.2, 0.25) is 0 Å². The van der Waals surface area contributed by atoms with Gasteiger partial charge in [0.1, 0.15) is 17.3 Å². The first kappa shape index (κ1) is 51.8. The van der Waals surface area contributed by atoms with E-state index in [0.717, 1.165) is 168 Å². The number of carbonyl (C=O) groups excluding carboxylic acids is 2.